The molecule has 0 aliphatic heterocycles. The zero-order valence-corrected chi connectivity index (χ0v) is 10.1. The average Bonchev–Trinajstić information content (AvgIpc) is 2.00. The van der Waals surface area contributed by atoms with Gasteiger partial charge in [0.15, 0.2) is 0 Å². The number of hydrazine groups is 1. The smallest absolute Gasteiger partial charge is 0.234 e. The minimum absolute atomic E-state index is 0.0572. The van der Waals surface area contributed by atoms with Crippen LogP contribution in [0.5, 0.6) is 0 Å². The highest BCUT2D eigenvalue weighted by atomic mass is 16.2. The maximum absolute atomic E-state index is 11.2. The lowest BCUT2D eigenvalue weighted by atomic mass is 9.71. The number of nitrogens with two attached hydrogens (primary N) is 1. The van der Waals surface area contributed by atoms with Crippen LogP contribution in [0.2, 0.25) is 0 Å². The van der Waals surface area contributed by atoms with Crippen LogP contribution in [0.4, 0.5) is 0 Å². The van der Waals surface area contributed by atoms with Gasteiger partial charge in [0.2, 0.25) is 5.91 Å². The predicted molar refractivity (Wildman–Crippen MR) is 59.4 cm³/mol. The van der Waals surface area contributed by atoms with Crippen LogP contribution in [0, 0.1) is 10.8 Å². The van der Waals surface area contributed by atoms with Crippen LogP contribution in [0.25, 0.3) is 0 Å². The SMILES string of the molecule is CCC(C)(CC(=O)NN)CC(C)(C)C. The van der Waals surface area contributed by atoms with Gasteiger partial charge < -0.3 is 0 Å². The van der Waals surface area contributed by atoms with Crippen LogP contribution in [-0.4, -0.2) is 5.91 Å². The first-order valence-electron chi connectivity index (χ1n) is 5.22. The molecule has 0 spiro atoms. The van der Waals surface area contributed by atoms with E-state index in [4.69, 9.17) is 5.84 Å². The molecule has 0 rings (SSSR count). The Bertz CT molecular complexity index is 196. The van der Waals surface area contributed by atoms with Crippen LogP contribution >= 0.6 is 0 Å². The van der Waals surface area contributed by atoms with Gasteiger partial charge in [0, 0.05) is 6.42 Å². The molecule has 1 unspecified atom stereocenters. The van der Waals surface area contributed by atoms with Gasteiger partial charge in [-0.3, -0.25) is 10.2 Å². The molecule has 0 radical (unpaired) electrons. The molecule has 0 aromatic heterocycles. The van der Waals surface area contributed by atoms with E-state index in [-0.39, 0.29) is 16.7 Å². The van der Waals surface area contributed by atoms with Gasteiger partial charge in [-0.1, -0.05) is 41.0 Å². The average molecular weight is 200 g/mol. The van der Waals surface area contributed by atoms with E-state index < -0.39 is 0 Å². The topological polar surface area (TPSA) is 55.1 Å². The van der Waals surface area contributed by atoms with Crippen molar-refractivity contribution in [2.45, 2.75) is 53.9 Å². The summed E-state index contributed by atoms with van der Waals surface area (Å²) in [5.41, 5.74) is 2.51. The number of carbonyl (C=O) groups excluding carboxylic acids is 1. The van der Waals surface area contributed by atoms with E-state index in [0.29, 0.717) is 6.42 Å². The molecule has 0 aromatic carbocycles. The Morgan fingerprint density at radius 2 is 1.79 bits per heavy atom. The number of hydrogen-bond donors (Lipinski definition) is 2. The summed E-state index contributed by atoms with van der Waals surface area (Å²) in [4.78, 5) is 11.2. The molecule has 0 aliphatic carbocycles. The minimum Gasteiger partial charge on any atom is -0.294 e. The quantitative estimate of drug-likeness (QED) is 0.415. The summed E-state index contributed by atoms with van der Waals surface area (Å²) in [6, 6.07) is 0. The maximum atomic E-state index is 11.2. The van der Waals surface area contributed by atoms with E-state index in [9.17, 15) is 4.79 Å². The van der Waals surface area contributed by atoms with Crippen molar-refractivity contribution in [3.8, 4) is 0 Å². The Kier molecular flexibility index (Phi) is 4.59. The van der Waals surface area contributed by atoms with Gasteiger partial charge in [-0.05, 0) is 17.3 Å². The standard InChI is InChI=1S/C11H24N2O/c1-6-11(5,7-9(14)13-12)8-10(2,3)4/h6-8,12H2,1-5H3,(H,13,14). The van der Waals surface area contributed by atoms with Crippen molar-refractivity contribution in [3.63, 3.8) is 0 Å². The molecule has 0 aliphatic rings. The highest BCUT2D eigenvalue weighted by Crippen LogP contribution is 2.38. The Morgan fingerprint density at radius 3 is 2.07 bits per heavy atom. The van der Waals surface area contributed by atoms with Crippen LogP contribution in [-0.2, 0) is 4.79 Å². The predicted octanol–water partition coefficient (Wildman–Crippen LogP) is 2.22. The molecule has 1 atom stereocenters. The van der Waals surface area contributed by atoms with E-state index in [2.05, 4.69) is 40.0 Å². The highest BCUT2D eigenvalue weighted by molar-refractivity contribution is 5.75. The lowest BCUT2D eigenvalue weighted by molar-refractivity contribution is -0.123. The van der Waals surface area contributed by atoms with Crippen molar-refractivity contribution in [3.05, 3.63) is 0 Å². The monoisotopic (exact) mass is 200 g/mol. The largest absolute Gasteiger partial charge is 0.294 e. The molecule has 3 nitrogen and oxygen atoms in total. The third kappa shape index (κ3) is 5.22. The highest BCUT2D eigenvalue weighted by Gasteiger charge is 2.30. The molecular formula is C11H24N2O. The molecule has 0 saturated heterocycles. The summed E-state index contributed by atoms with van der Waals surface area (Å²) >= 11 is 0. The molecule has 1 amide bonds. The molecule has 3 N–H and O–H groups in total. The molecule has 0 bridgehead atoms. The Labute approximate surface area is 87.4 Å². The normalized spacial score (nSPS) is 16.1. The molecule has 0 heterocycles. The maximum Gasteiger partial charge on any atom is 0.234 e. The fraction of sp³-hybridized carbons (Fsp3) is 0.909. The van der Waals surface area contributed by atoms with Crippen molar-refractivity contribution in [1.29, 1.82) is 0 Å². The Hall–Kier alpha value is -0.570. The molecular weight excluding hydrogens is 176 g/mol. The number of carbonyl (C=O) groups is 1. The zero-order valence-electron chi connectivity index (χ0n) is 10.1. The van der Waals surface area contributed by atoms with Crippen molar-refractivity contribution in [1.82, 2.24) is 5.43 Å². The van der Waals surface area contributed by atoms with Crippen LogP contribution < -0.4 is 11.3 Å². The van der Waals surface area contributed by atoms with E-state index in [0.717, 1.165) is 12.8 Å². The van der Waals surface area contributed by atoms with Crippen molar-refractivity contribution >= 4 is 5.91 Å². The summed E-state index contributed by atoms with van der Waals surface area (Å²) in [5.74, 6) is 5.03. The van der Waals surface area contributed by atoms with Crippen LogP contribution in [0.1, 0.15) is 53.9 Å². The third-order valence-corrected chi connectivity index (χ3v) is 2.56. The minimum atomic E-state index is -0.0707. The van der Waals surface area contributed by atoms with Gasteiger partial charge in [-0.2, -0.15) is 0 Å². The second-order valence-corrected chi connectivity index (χ2v) is 5.65. The van der Waals surface area contributed by atoms with Crippen molar-refractivity contribution in [2.75, 3.05) is 0 Å². The van der Waals surface area contributed by atoms with Crippen molar-refractivity contribution < 1.29 is 4.79 Å². The summed E-state index contributed by atoms with van der Waals surface area (Å²) in [7, 11) is 0. The fourth-order valence-corrected chi connectivity index (χ4v) is 2.03. The molecule has 84 valence electrons. The number of rotatable bonds is 4. The van der Waals surface area contributed by atoms with Crippen molar-refractivity contribution in [2.24, 2.45) is 16.7 Å². The van der Waals surface area contributed by atoms with Gasteiger partial charge in [0.25, 0.3) is 0 Å². The van der Waals surface area contributed by atoms with Crippen LogP contribution in [0.3, 0.4) is 0 Å². The summed E-state index contributed by atoms with van der Waals surface area (Å²) in [5, 5.41) is 0. The first-order valence-corrected chi connectivity index (χ1v) is 5.22. The Balaban J connectivity index is 4.40. The van der Waals surface area contributed by atoms with Crippen LogP contribution in [0.15, 0.2) is 0 Å². The second-order valence-electron chi connectivity index (χ2n) is 5.65. The first kappa shape index (κ1) is 13.4. The molecule has 0 saturated carbocycles. The molecule has 3 heteroatoms. The Morgan fingerprint density at radius 1 is 1.29 bits per heavy atom. The van der Waals surface area contributed by atoms with Gasteiger partial charge >= 0.3 is 0 Å². The van der Waals surface area contributed by atoms with E-state index in [1.165, 1.54) is 0 Å². The number of hydrogen-bond acceptors (Lipinski definition) is 2. The summed E-state index contributed by atoms with van der Waals surface area (Å²) < 4.78 is 0. The lowest BCUT2D eigenvalue weighted by Gasteiger charge is -2.34. The molecule has 0 aromatic rings. The summed E-state index contributed by atoms with van der Waals surface area (Å²) in [6.45, 7) is 10.9. The van der Waals surface area contributed by atoms with Gasteiger partial charge in [0.1, 0.15) is 0 Å². The molecule has 0 fully saturated rings. The first-order chi connectivity index (χ1) is 6.22. The second kappa shape index (κ2) is 4.78. The fourth-order valence-electron chi connectivity index (χ4n) is 2.03. The van der Waals surface area contributed by atoms with E-state index in [1.807, 2.05) is 0 Å². The zero-order chi connectivity index (χ0) is 11.4. The van der Waals surface area contributed by atoms with E-state index >= 15 is 0 Å². The third-order valence-electron chi connectivity index (χ3n) is 2.56. The van der Waals surface area contributed by atoms with Gasteiger partial charge in [0.05, 0.1) is 0 Å². The van der Waals surface area contributed by atoms with E-state index in [1.54, 1.807) is 0 Å². The number of nitrogens with one attached hydrogen (secondary N) is 1. The molecule has 14 heavy (non-hydrogen) atoms. The van der Waals surface area contributed by atoms with Gasteiger partial charge in [-0.25, -0.2) is 5.84 Å². The summed E-state index contributed by atoms with van der Waals surface area (Å²) in [6.07, 6.45) is 2.54. The number of amides is 1. The lowest BCUT2D eigenvalue weighted by Crippen LogP contribution is -2.36. The van der Waals surface area contributed by atoms with Gasteiger partial charge in [-0.15, -0.1) is 0 Å².